The first kappa shape index (κ1) is 20.2. The minimum absolute atomic E-state index is 0.0446. The Kier molecular flexibility index (Phi) is 5.94. The van der Waals surface area contributed by atoms with Gasteiger partial charge in [-0.2, -0.15) is 0 Å². The molecule has 2 rings (SSSR count). The van der Waals surface area contributed by atoms with E-state index >= 15 is 0 Å². The van der Waals surface area contributed by atoms with E-state index in [1.165, 1.54) is 0 Å². The van der Waals surface area contributed by atoms with Gasteiger partial charge in [0.15, 0.2) is 0 Å². The number of nitrogens with zero attached hydrogens (tertiary/aromatic N) is 1. The highest BCUT2D eigenvalue weighted by Gasteiger charge is 2.37. The molecule has 1 aromatic carbocycles. The van der Waals surface area contributed by atoms with Gasteiger partial charge in [0.1, 0.15) is 5.75 Å². The third-order valence-electron chi connectivity index (χ3n) is 5.27. The maximum absolute atomic E-state index is 13.0. The first-order chi connectivity index (χ1) is 12.1. The molecule has 0 bridgehead atoms. The van der Waals surface area contributed by atoms with Gasteiger partial charge in [-0.05, 0) is 57.4 Å². The Bertz CT molecular complexity index is 733. The zero-order chi connectivity index (χ0) is 19.6. The maximum atomic E-state index is 13.0. The molecule has 1 aromatic rings. The van der Waals surface area contributed by atoms with Crippen LogP contribution in [0.3, 0.4) is 0 Å². The molecule has 0 saturated carbocycles. The number of carbonyl (C=O) groups excluding carboxylic acids is 2. The van der Waals surface area contributed by atoms with Crippen LogP contribution >= 0.6 is 0 Å². The minimum atomic E-state index is -0.396. The Morgan fingerprint density at radius 2 is 1.73 bits per heavy atom. The summed E-state index contributed by atoms with van der Waals surface area (Å²) in [5.41, 5.74) is 2.51. The van der Waals surface area contributed by atoms with Crippen LogP contribution in [0.4, 0.5) is 5.69 Å². The number of allylic oxidation sites excluding steroid dienone is 1. The smallest absolute Gasteiger partial charge is 0.314 e. The van der Waals surface area contributed by atoms with E-state index in [0.29, 0.717) is 5.75 Å². The third kappa shape index (κ3) is 3.84. The van der Waals surface area contributed by atoms with Gasteiger partial charge in [-0.25, -0.2) is 0 Å². The molecule has 4 heteroatoms. The van der Waals surface area contributed by atoms with Crippen LogP contribution in [0.5, 0.6) is 5.75 Å². The Morgan fingerprint density at radius 3 is 2.31 bits per heavy atom. The second kappa shape index (κ2) is 7.65. The van der Waals surface area contributed by atoms with E-state index in [2.05, 4.69) is 19.9 Å². The molecule has 2 unspecified atom stereocenters. The Morgan fingerprint density at radius 1 is 1.12 bits per heavy atom. The molecule has 1 amide bonds. The van der Waals surface area contributed by atoms with E-state index < -0.39 is 5.54 Å². The molecule has 1 heterocycles. The van der Waals surface area contributed by atoms with Gasteiger partial charge in [0.2, 0.25) is 5.91 Å². The summed E-state index contributed by atoms with van der Waals surface area (Å²) in [5, 5.41) is 0. The van der Waals surface area contributed by atoms with Crippen molar-refractivity contribution in [2.24, 2.45) is 11.8 Å². The first-order valence-electron chi connectivity index (χ1n) is 9.52. The number of ether oxygens (including phenoxy) is 1. The second-order valence-corrected chi connectivity index (χ2v) is 7.87. The van der Waals surface area contributed by atoms with Gasteiger partial charge in [0.05, 0.1) is 17.1 Å². The van der Waals surface area contributed by atoms with Crippen LogP contribution in [0, 0.1) is 11.8 Å². The maximum Gasteiger partial charge on any atom is 0.314 e. The summed E-state index contributed by atoms with van der Waals surface area (Å²) in [7, 11) is 0. The largest absolute Gasteiger partial charge is 0.426 e. The third-order valence-corrected chi connectivity index (χ3v) is 5.27. The van der Waals surface area contributed by atoms with Crippen LogP contribution in [0.2, 0.25) is 0 Å². The van der Waals surface area contributed by atoms with E-state index in [1.807, 2.05) is 51.7 Å². The molecule has 26 heavy (non-hydrogen) atoms. The molecular weight excluding hydrogens is 326 g/mol. The number of fused-ring (bicyclic) bond motifs is 1. The zero-order valence-corrected chi connectivity index (χ0v) is 17.1. The Labute approximate surface area is 157 Å². The summed E-state index contributed by atoms with van der Waals surface area (Å²) in [6, 6.07) is 5.55. The molecule has 0 spiro atoms. The normalized spacial score (nSPS) is 17.8. The SMILES string of the molecule is CCC(C)C(=O)Oc1ccc2c(c1)C(C)=CC(C)(C)N2C(=O)C(C)CC. The molecule has 0 fully saturated rings. The van der Waals surface area contributed by atoms with Crippen molar-refractivity contribution in [3.63, 3.8) is 0 Å². The van der Waals surface area contributed by atoms with Crippen molar-refractivity contribution in [3.8, 4) is 5.75 Å². The topological polar surface area (TPSA) is 46.6 Å². The number of rotatable bonds is 5. The number of benzene rings is 1. The first-order valence-corrected chi connectivity index (χ1v) is 9.52. The number of hydrogen-bond donors (Lipinski definition) is 0. The fourth-order valence-electron chi connectivity index (χ4n) is 3.25. The summed E-state index contributed by atoms with van der Waals surface area (Å²) in [5.74, 6) is 0.240. The van der Waals surface area contributed by atoms with E-state index in [0.717, 1.165) is 29.7 Å². The molecule has 0 aliphatic carbocycles. The van der Waals surface area contributed by atoms with E-state index in [9.17, 15) is 9.59 Å². The van der Waals surface area contributed by atoms with Gasteiger partial charge in [-0.3, -0.25) is 9.59 Å². The fourth-order valence-corrected chi connectivity index (χ4v) is 3.25. The predicted octanol–water partition coefficient (Wildman–Crippen LogP) is 5.21. The minimum Gasteiger partial charge on any atom is -0.426 e. The van der Waals surface area contributed by atoms with Crippen molar-refractivity contribution in [2.45, 2.75) is 66.8 Å². The average molecular weight is 357 g/mol. The van der Waals surface area contributed by atoms with E-state index in [4.69, 9.17) is 4.74 Å². The second-order valence-electron chi connectivity index (χ2n) is 7.87. The van der Waals surface area contributed by atoms with Crippen molar-refractivity contribution in [3.05, 3.63) is 29.8 Å². The van der Waals surface area contributed by atoms with Gasteiger partial charge < -0.3 is 9.64 Å². The van der Waals surface area contributed by atoms with Crippen LogP contribution in [0.1, 0.15) is 66.9 Å². The standard InChI is InChI=1S/C22H31NO3/c1-8-14(3)20(24)23-19-11-10-17(26-21(25)15(4)9-2)12-18(19)16(5)13-22(23,6)7/h10-15H,8-9H2,1-7H3. The van der Waals surface area contributed by atoms with Gasteiger partial charge in [-0.1, -0.05) is 33.8 Å². The molecule has 142 valence electrons. The molecule has 1 aliphatic rings. The number of carbonyl (C=O) groups is 2. The highest BCUT2D eigenvalue weighted by molar-refractivity contribution is 6.01. The van der Waals surface area contributed by atoms with Crippen LogP contribution in [-0.4, -0.2) is 17.4 Å². The molecule has 2 atom stereocenters. The average Bonchev–Trinajstić information content (AvgIpc) is 2.59. The summed E-state index contributed by atoms with van der Waals surface area (Å²) in [6.07, 6.45) is 3.65. The molecule has 0 N–H and O–H groups in total. The number of amides is 1. The van der Waals surface area contributed by atoms with E-state index in [1.54, 1.807) is 6.07 Å². The van der Waals surface area contributed by atoms with Gasteiger partial charge in [0.25, 0.3) is 0 Å². The zero-order valence-electron chi connectivity index (χ0n) is 17.1. The van der Waals surface area contributed by atoms with Crippen LogP contribution in [0.15, 0.2) is 24.3 Å². The number of esters is 1. The lowest BCUT2D eigenvalue weighted by Crippen LogP contribution is -2.50. The number of anilines is 1. The molecule has 0 aromatic heterocycles. The lowest BCUT2D eigenvalue weighted by atomic mass is 9.87. The van der Waals surface area contributed by atoms with E-state index in [-0.39, 0.29) is 23.7 Å². The van der Waals surface area contributed by atoms with Gasteiger partial charge >= 0.3 is 5.97 Å². The summed E-state index contributed by atoms with van der Waals surface area (Å²) in [6.45, 7) is 14.0. The summed E-state index contributed by atoms with van der Waals surface area (Å²) in [4.78, 5) is 27.0. The van der Waals surface area contributed by atoms with Crippen LogP contribution in [-0.2, 0) is 9.59 Å². The van der Waals surface area contributed by atoms with Crippen molar-refractivity contribution >= 4 is 23.1 Å². The van der Waals surface area contributed by atoms with Crippen molar-refractivity contribution in [1.29, 1.82) is 0 Å². The highest BCUT2D eigenvalue weighted by atomic mass is 16.5. The lowest BCUT2D eigenvalue weighted by molar-refractivity contribution is -0.138. The summed E-state index contributed by atoms with van der Waals surface area (Å²) < 4.78 is 5.53. The molecule has 4 nitrogen and oxygen atoms in total. The quantitative estimate of drug-likeness (QED) is 0.536. The van der Waals surface area contributed by atoms with Gasteiger partial charge in [-0.15, -0.1) is 0 Å². The van der Waals surface area contributed by atoms with Crippen molar-refractivity contribution in [1.82, 2.24) is 0 Å². The Hall–Kier alpha value is -2.10. The predicted molar refractivity (Wildman–Crippen MR) is 106 cm³/mol. The molecule has 1 aliphatic heterocycles. The summed E-state index contributed by atoms with van der Waals surface area (Å²) >= 11 is 0. The highest BCUT2D eigenvalue weighted by Crippen LogP contribution is 2.41. The molecule has 0 saturated heterocycles. The molecule has 0 radical (unpaired) electrons. The Balaban J connectivity index is 2.45. The fraction of sp³-hybridized carbons (Fsp3) is 0.545. The van der Waals surface area contributed by atoms with Crippen LogP contribution in [0.25, 0.3) is 5.57 Å². The molecular formula is C22H31NO3. The van der Waals surface area contributed by atoms with Crippen LogP contribution < -0.4 is 9.64 Å². The number of hydrogen-bond acceptors (Lipinski definition) is 3. The van der Waals surface area contributed by atoms with Crippen molar-refractivity contribution in [2.75, 3.05) is 4.90 Å². The van der Waals surface area contributed by atoms with Crippen molar-refractivity contribution < 1.29 is 14.3 Å². The van der Waals surface area contributed by atoms with Gasteiger partial charge in [0, 0.05) is 11.5 Å². The monoisotopic (exact) mass is 357 g/mol. The lowest BCUT2D eigenvalue weighted by Gasteiger charge is -2.42.